The standard InChI is InChI=1S/C42H61N5/c1-35(2)14-12-23-44-26-27-47(33-41(44)29-37-17-8-4-9-18-37)42(30-38-19-10-5-11-20-38)34-45-24-13-21-39(45)32-46-25-22-43-31-40(46)28-36-15-6-3-7-16-36/h3-11,15-20,35,39-43H,12-14,21-34H2,1-2H3/t39?,40-,41-,42-/m0/s1. The third kappa shape index (κ3) is 10.2. The molecule has 0 radical (unpaired) electrons. The average Bonchev–Trinajstić information content (AvgIpc) is 3.53. The number of hydrogen-bond donors (Lipinski definition) is 1. The molecule has 3 aromatic carbocycles. The van der Waals surface area contributed by atoms with E-state index in [2.05, 4.69) is 130 Å². The van der Waals surface area contributed by atoms with Crippen LogP contribution in [0.5, 0.6) is 0 Å². The second kappa shape index (κ2) is 17.7. The third-order valence-electron chi connectivity index (χ3n) is 11.2. The molecule has 5 heteroatoms. The molecule has 0 saturated carbocycles. The molecule has 47 heavy (non-hydrogen) atoms. The van der Waals surface area contributed by atoms with Gasteiger partial charge in [-0.05, 0) is 80.6 Å². The Bertz CT molecular complexity index is 1280. The molecule has 5 nitrogen and oxygen atoms in total. The fraction of sp³-hybridized carbons (Fsp3) is 0.571. The molecule has 3 saturated heterocycles. The monoisotopic (exact) mass is 635 g/mol. The Morgan fingerprint density at radius 2 is 1.34 bits per heavy atom. The van der Waals surface area contributed by atoms with Crippen LogP contribution in [0.25, 0.3) is 0 Å². The first kappa shape index (κ1) is 34.3. The minimum Gasteiger partial charge on any atom is -0.314 e. The molecule has 0 bridgehead atoms. The number of benzene rings is 3. The first-order chi connectivity index (χ1) is 23.1. The summed E-state index contributed by atoms with van der Waals surface area (Å²) in [5.41, 5.74) is 4.43. The van der Waals surface area contributed by atoms with E-state index >= 15 is 0 Å². The lowest BCUT2D eigenvalue weighted by atomic mass is 9.97. The third-order valence-corrected chi connectivity index (χ3v) is 11.2. The van der Waals surface area contributed by atoms with Crippen molar-refractivity contribution in [3.63, 3.8) is 0 Å². The van der Waals surface area contributed by atoms with Crippen LogP contribution in [-0.2, 0) is 19.3 Å². The van der Waals surface area contributed by atoms with Crippen LogP contribution in [0.4, 0.5) is 0 Å². The van der Waals surface area contributed by atoms with E-state index in [4.69, 9.17) is 0 Å². The Hall–Kier alpha value is -2.54. The Labute approximate surface area is 286 Å². The van der Waals surface area contributed by atoms with E-state index in [0.717, 1.165) is 44.8 Å². The lowest BCUT2D eigenvalue weighted by molar-refractivity contribution is 0.0284. The Kier molecular flexibility index (Phi) is 13.0. The smallest absolute Gasteiger partial charge is 0.0264 e. The molecule has 3 aliphatic rings. The Morgan fingerprint density at radius 1 is 0.681 bits per heavy atom. The van der Waals surface area contributed by atoms with E-state index in [1.54, 1.807) is 0 Å². The SMILES string of the molecule is CC(C)CCCN1CCN([C@@H](Cc2ccccc2)CN2CCCC2CN2CCNC[C@@H]2Cc2ccccc2)C[C@@H]1Cc1ccccc1. The fourth-order valence-corrected chi connectivity index (χ4v) is 8.54. The van der Waals surface area contributed by atoms with Gasteiger partial charge in [0.2, 0.25) is 0 Å². The summed E-state index contributed by atoms with van der Waals surface area (Å²) in [6, 6.07) is 36.1. The second-order valence-corrected chi connectivity index (χ2v) is 15.1. The van der Waals surface area contributed by atoms with Gasteiger partial charge in [-0.15, -0.1) is 0 Å². The highest BCUT2D eigenvalue weighted by Crippen LogP contribution is 2.25. The molecule has 3 fully saturated rings. The van der Waals surface area contributed by atoms with Crippen molar-refractivity contribution in [1.29, 1.82) is 0 Å². The van der Waals surface area contributed by atoms with Crippen molar-refractivity contribution >= 4 is 0 Å². The highest BCUT2D eigenvalue weighted by Gasteiger charge is 2.35. The molecule has 0 aromatic heterocycles. The van der Waals surface area contributed by atoms with E-state index in [9.17, 15) is 0 Å². The molecular formula is C42H61N5. The minimum atomic E-state index is 0.539. The lowest BCUT2D eigenvalue weighted by Gasteiger charge is -2.46. The van der Waals surface area contributed by atoms with Crippen molar-refractivity contribution in [3.05, 3.63) is 108 Å². The number of nitrogens with zero attached hydrogens (tertiary/aromatic N) is 4. The molecule has 3 heterocycles. The summed E-state index contributed by atoms with van der Waals surface area (Å²) in [6.45, 7) is 16.5. The molecular weight excluding hydrogens is 574 g/mol. The summed E-state index contributed by atoms with van der Waals surface area (Å²) in [5.74, 6) is 0.780. The van der Waals surface area contributed by atoms with Gasteiger partial charge >= 0.3 is 0 Å². The minimum absolute atomic E-state index is 0.539. The van der Waals surface area contributed by atoms with Gasteiger partial charge in [-0.1, -0.05) is 105 Å². The predicted molar refractivity (Wildman–Crippen MR) is 198 cm³/mol. The summed E-state index contributed by atoms with van der Waals surface area (Å²) in [4.78, 5) is 11.5. The number of likely N-dealkylation sites (tertiary alicyclic amines) is 1. The summed E-state index contributed by atoms with van der Waals surface area (Å²) in [5, 5.41) is 3.70. The average molecular weight is 636 g/mol. The largest absolute Gasteiger partial charge is 0.314 e. The van der Waals surface area contributed by atoms with Crippen LogP contribution in [0, 0.1) is 5.92 Å². The number of piperazine rings is 2. The molecule has 0 spiro atoms. The maximum absolute atomic E-state index is 3.70. The van der Waals surface area contributed by atoms with Gasteiger partial charge in [-0.3, -0.25) is 19.6 Å². The zero-order chi connectivity index (χ0) is 32.3. The zero-order valence-corrected chi connectivity index (χ0v) is 29.4. The van der Waals surface area contributed by atoms with E-state index in [-0.39, 0.29) is 0 Å². The maximum atomic E-state index is 3.70. The van der Waals surface area contributed by atoms with E-state index in [1.165, 1.54) is 88.2 Å². The highest BCUT2D eigenvalue weighted by atomic mass is 15.3. The van der Waals surface area contributed by atoms with Crippen LogP contribution in [0.3, 0.4) is 0 Å². The van der Waals surface area contributed by atoms with E-state index in [1.807, 2.05) is 0 Å². The predicted octanol–water partition coefficient (Wildman–Crippen LogP) is 6.24. The van der Waals surface area contributed by atoms with Crippen molar-refractivity contribution in [3.8, 4) is 0 Å². The summed E-state index contributed by atoms with van der Waals surface area (Å²) in [7, 11) is 0. The van der Waals surface area contributed by atoms with Crippen molar-refractivity contribution in [2.45, 2.75) is 83.0 Å². The molecule has 254 valence electrons. The molecule has 1 unspecified atom stereocenters. The van der Waals surface area contributed by atoms with Crippen LogP contribution in [0.1, 0.15) is 56.2 Å². The second-order valence-electron chi connectivity index (χ2n) is 15.1. The number of nitrogens with one attached hydrogen (secondary N) is 1. The van der Waals surface area contributed by atoms with Crippen molar-refractivity contribution in [2.75, 3.05) is 65.4 Å². The van der Waals surface area contributed by atoms with Gasteiger partial charge in [0.1, 0.15) is 0 Å². The van der Waals surface area contributed by atoms with Crippen molar-refractivity contribution in [1.82, 2.24) is 24.9 Å². The molecule has 0 aliphatic carbocycles. The van der Waals surface area contributed by atoms with E-state index < -0.39 is 0 Å². The van der Waals surface area contributed by atoms with Crippen molar-refractivity contribution < 1.29 is 0 Å². The fourth-order valence-electron chi connectivity index (χ4n) is 8.54. The summed E-state index contributed by atoms with van der Waals surface area (Å²) >= 11 is 0. The Morgan fingerprint density at radius 3 is 2.02 bits per heavy atom. The summed E-state index contributed by atoms with van der Waals surface area (Å²) < 4.78 is 0. The lowest BCUT2D eigenvalue weighted by Crippen LogP contribution is -2.60. The van der Waals surface area contributed by atoms with Gasteiger partial charge in [0, 0.05) is 76.5 Å². The van der Waals surface area contributed by atoms with Crippen LogP contribution >= 0.6 is 0 Å². The van der Waals surface area contributed by atoms with Crippen LogP contribution < -0.4 is 5.32 Å². The quantitative estimate of drug-likeness (QED) is 0.213. The first-order valence-electron chi connectivity index (χ1n) is 18.9. The molecule has 0 amide bonds. The number of rotatable bonds is 15. The van der Waals surface area contributed by atoms with Crippen LogP contribution in [0.15, 0.2) is 91.0 Å². The van der Waals surface area contributed by atoms with Crippen LogP contribution in [0.2, 0.25) is 0 Å². The molecule has 4 atom stereocenters. The molecule has 3 aliphatic heterocycles. The van der Waals surface area contributed by atoms with Gasteiger partial charge in [0.15, 0.2) is 0 Å². The van der Waals surface area contributed by atoms with Gasteiger partial charge in [-0.2, -0.15) is 0 Å². The normalized spacial score (nSPS) is 24.2. The van der Waals surface area contributed by atoms with Gasteiger partial charge < -0.3 is 5.32 Å². The Balaban J connectivity index is 1.15. The maximum Gasteiger partial charge on any atom is 0.0264 e. The zero-order valence-electron chi connectivity index (χ0n) is 29.4. The topological polar surface area (TPSA) is 25.0 Å². The van der Waals surface area contributed by atoms with E-state index in [0.29, 0.717) is 24.2 Å². The van der Waals surface area contributed by atoms with Gasteiger partial charge in [-0.25, -0.2) is 0 Å². The first-order valence-corrected chi connectivity index (χ1v) is 18.9. The number of hydrogen-bond acceptors (Lipinski definition) is 5. The molecule has 3 aromatic rings. The highest BCUT2D eigenvalue weighted by molar-refractivity contribution is 5.19. The summed E-state index contributed by atoms with van der Waals surface area (Å²) in [6.07, 6.45) is 8.72. The molecule has 1 N–H and O–H groups in total. The van der Waals surface area contributed by atoms with Crippen molar-refractivity contribution in [2.24, 2.45) is 5.92 Å². The molecule has 6 rings (SSSR count). The van der Waals surface area contributed by atoms with Gasteiger partial charge in [0.25, 0.3) is 0 Å². The van der Waals surface area contributed by atoms with Crippen LogP contribution in [-0.4, -0.2) is 109 Å². The van der Waals surface area contributed by atoms with Gasteiger partial charge in [0.05, 0.1) is 0 Å².